The van der Waals surface area contributed by atoms with Crippen LogP contribution in [-0.2, 0) is 0 Å². The van der Waals surface area contributed by atoms with Gasteiger partial charge in [0.05, 0.1) is 28.3 Å². The minimum Gasteiger partial charge on any atom is -0.495 e. The Kier molecular flexibility index (Phi) is 6.01. The van der Waals surface area contributed by atoms with Gasteiger partial charge in [-0.3, -0.25) is 0 Å². The fraction of sp³-hybridized carbons (Fsp3) is 0.263. The molecule has 5 nitrogen and oxygen atoms in total. The fourth-order valence-electron chi connectivity index (χ4n) is 2.55. The number of halogens is 2. The summed E-state index contributed by atoms with van der Waals surface area (Å²) < 4.78 is 11.2. The number of carbonyl (C=O) groups is 1. The summed E-state index contributed by atoms with van der Waals surface area (Å²) in [6.45, 7) is 5.51. The molecule has 0 atom stereocenters. The molecule has 0 aliphatic rings. The number of nitrogens with zero attached hydrogens (tertiary/aromatic N) is 1. The molecule has 0 amide bonds. The Labute approximate surface area is 161 Å². The molecule has 1 N–H and O–H groups in total. The zero-order chi connectivity index (χ0) is 19.6. The Hall–Kier alpha value is -2.42. The first-order chi connectivity index (χ1) is 12.2. The van der Waals surface area contributed by atoms with Crippen molar-refractivity contribution in [3.8, 4) is 23.3 Å². The summed E-state index contributed by atoms with van der Waals surface area (Å²) in [5, 5.41) is 18.8. The predicted octanol–water partition coefficient (Wildman–Crippen LogP) is 5.80. The maximum absolute atomic E-state index is 11.3. The molecular formula is C19H17Cl2NO4. The number of benzene rings is 2. The Bertz CT molecular complexity index is 917. The highest BCUT2D eigenvalue weighted by Gasteiger charge is 2.21. The lowest BCUT2D eigenvalue weighted by molar-refractivity contribution is 0.0696. The van der Waals surface area contributed by atoms with Crippen molar-refractivity contribution in [3.05, 3.63) is 50.5 Å². The van der Waals surface area contributed by atoms with E-state index in [0.717, 1.165) is 5.56 Å². The molecule has 0 aliphatic heterocycles. The predicted molar refractivity (Wildman–Crippen MR) is 100 cm³/mol. The smallest absolute Gasteiger partial charge is 0.336 e. The average molecular weight is 394 g/mol. The average Bonchev–Trinajstić information content (AvgIpc) is 2.60. The van der Waals surface area contributed by atoms with Crippen LogP contribution >= 0.6 is 23.2 Å². The molecule has 2 aromatic rings. The van der Waals surface area contributed by atoms with Crippen molar-refractivity contribution < 1.29 is 19.4 Å². The molecule has 0 spiro atoms. The normalized spacial score (nSPS) is 10.5. The molecule has 0 saturated heterocycles. The van der Waals surface area contributed by atoms with Gasteiger partial charge in [-0.25, -0.2) is 4.79 Å². The first-order valence-corrected chi connectivity index (χ1v) is 8.48. The van der Waals surface area contributed by atoms with Gasteiger partial charge in [-0.05, 0) is 30.5 Å². The number of nitriles is 1. The molecular weight excluding hydrogens is 377 g/mol. The fourth-order valence-corrected chi connectivity index (χ4v) is 3.08. The maximum atomic E-state index is 11.3. The molecule has 0 unspecified atom stereocenters. The van der Waals surface area contributed by atoms with Crippen molar-refractivity contribution in [1.29, 1.82) is 5.26 Å². The Balaban J connectivity index is 2.60. The van der Waals surface area contributed by atoms with Crippen molar-refractivity contribution in [2.75, 3.05) is 7.11 Å². The van der Waals surface area contributed by atoms with E-state index < -0.39 is 5.97 Å². The third-order valence-electron chi connectivity index (χ3n) is 3.91. The van der Waals surface area contributed by atoms with Crippen molar-refractivity contribution in [1.82, 2.24) is 0 Å². The minimum atomic E-state index is -1.13. The monoisotopic (exact) mass is 393 g/mol. The number of aromatic carboxylic acids is 1. The van der Waals surface area contributed by atoms with E-state index in [1.54, 1.807) is 13.0 Å². The summed E-state index contributed by atoms with van der Waals surface area (Å²) in [6, 6.07) is 6.65. The van der Waals surface area contributed by atoms with Crippen LogP contribution < -0.4 is 9.47 Å². The molecule has 0 fully saturated rings. The SMILES string of the molecule is COc1c(C#N)cc(Oc2c(Cl)cc(C(=O)O)c(C)c2Cl)cc1C(C)C. The number of methoxy groups -OCH3 is 1. The maximum Gasteiger partial charge on any atom is 0.336 e. The van der Waals surface area contributed by atoms with E-state index >= 15 is 0 Å². The van der Waals surface area contributed by atoms with Gasteiger partial charge in [-0.2, -0.15) is 5.26 Å². The van der Waals surface area contributed by atoms with Crippen LogP contribution in [0.15, 0.2) is 18.2 Å². The lowest BCUT2D eigenvalue weighted by Gasteiger charge is -2.17. The summed E-state index contributed by atoms with van der Waals surface area (Å²) >= 11 is 12.4. The molecule has 2 rings (SSSR count). The molecule has 2 aromatic carbocycles. The molecule has 0 saturated carbocycles. The topological polar surface area (TPSA) is 79.5 Å². The standard InChI is InChI=1S/C19H17Cl2NO4/c1-9(2)13-6-12(5-11(8-22)17(13)25-4)26-18-15(20)7-14(19(23)24)10(3)16(18)21/h5-7,9H,1-4H3,(H,23,24). The highest BCUT2D eigenvalue weighted by atomic mass is 35.5. The molecule has 7 heteroatoms. The van der Waals surface area contributed by atoms with E-state index in [-0.39, 0.29) is 27.3 Å². The van der Waals surface area contributed by atoms with Gasteiger partial charge in [0.25, 0.3) is 0 Å². The van der Waals surface area contributed by atoms with Gasteiger partial charge in [0.15, 0.2) is 5.75 Å². The van der Waals surface area contributed by atoms with Crippen LogP contribution in [0.5, 0.6) is 17.2 Å². The van der Waals surface area contributed by atoms with E-state index in [9.17, 15) is 15.2 Å². The van der Waals surface area contributed by atoms with Crippen LogP contribution in [0.4, 0.5) is 0 Å². The van der Waals surface area contributed by atoms with E-state index in [2.05, 4.69) is 6.07 Å². The van der Waals surface area contributed by atoms with Crippen LogP contribution in [0, 0.1) is 18.3 Å². The molecule has 136 valence electrons. The number of hydrogen-bond acceptors (Lipinski definition) is 4. The number of carboxylic acids is 1. The van der Waals surface area contributed by atoms with E-state index in [1.807, 2.05) is 13.8 Å². The summed E-state index contributed by atoms with van der Waals surface area (Å²) in [7, 11) is 1.50. The first-order valence-electron chi connectivity index (χ1n) is 7.73. The van der Waals surface area contributed by atoms with Crippen LogP contribution in [0.1, 0.15) is 46.8 Å². The molecule has 0 aromatic heterocycles. The zero-order valence-electron chi connectivity index (χ0n) is 14.7. The summed E-state index contributed by atoms with van der Waals surface area (Å²) in [5.41, 5.74) is 1.46. The molecule has 0 bridgehead atoms. The van der Waals surface area contributed by atoms with Crippen LogP contribution in [-0.4, -0.2) is 18.2 Å². The molecule has 26 heavy (non-hydrogen) atoms. The molecule has 0 heterocycles. The zero-order valence-corrected chi connectivity index (χ0v) is 16.2. The van der Waals surface area contributed by atoms with Crippen LogP contribution in [0.2, 0.25) is 10.0 Å². The van der Waals surface area contributed by atoms with Crippen molar-refractivity contribution >= 4 is 29.2 Å². The van der Waals surface area contributed by atoms with Crippen LogP contribution in [0.25, 0.3) is 0 Å². The van der Waals surface area contributed by atoms with E-state index in [0.29, 0.717) is 22.6 Å². The number of hydrogen-bond donors (Lipinski definition) is 1. The van der Waals surface area contributed by atoms with Gasteiger partial charge in [-0.15, -0.1) is 0 Å². The Morgan fingerprint density at radius 3 is 2.38 bits per heavy atom. The molecule has 0 aliphatic carbocycles. The lowest BCUT2D eigenvalue weighted by Crippen LogP contribution is -2.02. The Morgan fingerprint density at radius 1 is 1.23 bits per heavy atom. The minimum absolute atomic E-state index is 0.00247. The van der Waals surface area contributed by atoms with Crippen molar-refractivity contribution in [3.63, 3.8) is 0 Å². The lowest BCUT2D eigenvalue weighted by atomic mass is 9.99. The second-order valence-electron chi connectivity index (χ2n) is 5.94. The van der Waals surface area contributed by atoms with Gasteiger partial charge in [0.2, 0.25) is 0 Å². The van der Waals surface area contributed by atoms with Gasteiger partial charge in [0.1, 0.15) is 17.6 Å². The van der Waals surface area contributed by atoms with Gasteiger partial charge in [0, 0.05) is 11.6 Å². The van der Waals surface area contributed by atoms with Crippen molar-refractivity contribution in [2.45, 2.75) is 26.7 Å². The third-order valence-corrected chi connectivity index (χ3v) is 4.64. The Morgan fingerprint density at radius 2 is 1.88 bits per heavy atom. The van der Waals surface area contributed by atoms with Gasteiger partial charge >= 0.3 is 5.97 Å². The summed E-state index contributed by atoms with van der Waals surface area (Å²) in [4.78, 5) is 11.3. The number of ether oxygens (including phenoxy) is 2. The van der Waals surface area contributed by atoms with Crippen molar-refractivity contribution in [2.24, 2.45) is 0 Å². The number of carboxylic acid groups (broad SMARTS) is 1. The third kappa shape index (κ3) is 3.72. The first kappa shape index (κ1) is 19.9. The van der Waals surface area contributed by atoms with E-state index in [4.69, 9.17) is 32.7 Å². The number of rotatable bonds is 5. The highest BCUT2D eigenvalue weighted by Crippen LogP contribution is 2.42. The summed E-state index contributed by atoms with van der Waals surface area (Å²) in [6.07, 6.45) is 0. The quantitative estimate of drug-likeness (QED) is 0.694. The van der Waals surface area contributed by atoms with E-state index in [1.165, 1.54) is 19.2 Å². The largest absolute Gasteiger partial charge is 0.495 e. The molecule has 0 radical (unpaired) electrons. The summed E-state index contributed by atoms with van der Waals surface area (Å²) in [5.74, 6) is -0.0554. The second kappa shape index (κ2) is 7.86. The second-order valence-corrected chi connectivity index (χ2v) is 6.73. The van der Waals surface area contributed by atoms with Gasteiger partial charge in [-0.1, -0.05) is 37.0 Å². The highest BCUT2D eigenvalue weighted by molar-refractivity contribution is 6.38. The van der Waals surface area contributed by atoms with Crippen LogP contribution in [0.3, 0.4) is 0 Å². The van der Waals surface area contributed by atoms with Gasteiger partial charge < -0.3 is 14.6 Å².